The van der Waals surface area contributed by atoms with Crippen LogP contribution in [0.1, 0.15) is 10.5 Å². The zero-order valence-corrected chi connectivity index (χ0v) is 9.45. The van der Waals surface area contributed by atoms with Crippen LogP contribution in [-0.4, -0.2) is 30.9 Å². The molecule has 1 aromatic carbocycles. The zero-order chi connectivity index (χ0) is 12.9. The number of nitrogens with zero attached hydrogens (tertiary/aromatic N) is 3. The van der Waals surface area contributed by atoms with E-state index in [0.717, 1.165) is 10.9 Å². The third kappa shape index (κ3) is 1.26. The third-order valence-electron chi connectivity index (χ3n) is 2.94. The fourth-order valence-electron chi connectivity index (χ4n) is 2.10. The fraction of sp³-hybridized carbons (Fsp3) is 0.0833. The van der Waals surface area contributed by atoms with Gasteiger partial charge in [0.1, 0.15) is 11.3 Å². The summed E-state index contributed by atoms with van der Waals surface area (Å²) in [6, 6.07) is 5.17. The molecule has 6 nitrogen and oxygen atoms in total. The van der Waals surface area contributed by atoms with E-state index >= 15 is 0 Å². The highest BCUT2D eigenvalue weighted by molar-refractivity contribution is 6.13. The summed E-state index contributed by atoms with van der Waals surface area (Å²) >= 11 is 0. The molecule has 3 aromatic rings. The molecule has 0 bridgehead atoms. The Morgan fingerprint density at radius 2 is 2.17 bits per heavy atom. The quantitative estimate of drug-likeness (QED) is 0.676. The van der Waals surface area contributed by atoms with Gasteiger partial charge in [-0.2, -0.15) is 0 Å². The maximum Gasteiger partial charge on any atom is 0.357 e. The van der Waals surface area contributed by atoms with Crippen LogP contribution in [0.5, 0.6) is 5.75 Å². The van der Waals surface area contributed by atoms with E-state index in [2.05, 4.69) is 10.2 Å². The smallest absolute Gasteiger partial charge is 0.357 e. The Bertz CT molecular complexity index is 792. The summed E-state index contributed by atoms with van der Waals surface area (Å²) in [6.45, 7) is 0. The van der Waals surface area contributed by atoms with Gasteiger partial charge in [-0.1, -0.05) is 0 Å². The summed E-state index contributed by atoms with van der Waals surface area (Å²) in [4.78, 5) is 11.0. The van der Waals surface area contributed by atoms with Gasteiger partial charge in [-0.15, -0.1) is 10.2 Å². The molecule has 0 unspecified atom stereocenters. The first-order valence-corrected chi connectivity index (χ1v) is 5.26. The largest absolute Gasteiger partial charge is 0.507 e. The Balaban J connectivity index is 2.57. The molecule has 6 heteroatoms. The van der Waals surface area contributed by atoms with Crippen LogP contribution >= 0.6 is 0 Å². The minimum Gasteiger partial charge on any atom is -0.507 e. The van der Waals surface area contributed by atoms with E-state index in [1.54, 1.807) is 0 Å². The number of benzene rings is 1. The lowest BCUT2D eigenvalue weighted by Gasteiger charge is -2.06. The molecule has 2 N–H and O–H groups in total. The number of hydrogen-bond acceptors (Lipinski definition) is 4. The maximum atomic E-state index is 11.0. The first-order valence-electron chi connectivity index (χ1n) is 5.26. The second-order valence-electron chi connectivity index (χ2n) is 4.02. The van der Waals surface area contributed by atoms with Gasteiger partial charge in [-0.25, -0.2) is 4.79 Å². The second-order valence-corrected chi connectivity index (χ2v) is 4.02. The number of carboxylic acid groups (broad SMARTS) is 1. The number of aromatic carboxylic acids is 1. The average Bonchev–Trinajstić information content (AvgIpc) is 2.76. The Morgan fingerprint density at radius 3 is 2.89 bits per heavy atom. The van der Waals surface area contributed by atoms with E-state index in [0.29, 0.717) is 5.52 Å². The molecule has 0 atom stereocenters. The van der Waals surface area contributed by atoms with Crippen molar-refractivity contribution in [2.24, 2.45) is 7.05 Å². The number of phenolic OH excluding ortho intramolecular Hbond substituents is 1. The number of phenols is 1. The number of hydrogen-bond donors (Lipinski definition) is 2. The minimum absolute atomic E-state index is 0.123. The molecular weight excluding hydrogens is 234 g/mol. The SMILES string of the molecule is Cn1cccc2c3nnc(C(=O)O)c3c(O)cc21. The van der Waals surface area contributed by atoms with Crippen LogP contribution in [0.2, 0.25) is 0 Å². The number of carboxylic acids is 1. The second kappa shape index (κ2) is 3.43. The number of aryl methyl sites for hydroxylation is 1. The molecule has 2 aromatic heterocycles. The van der Waals surface area contributed by atoms with Crippen LogP contribution in [0.25, 0.3) is 21.8 Å². The van der Waals surface area contributed by atoms with E-state index in [9.17, 15) is 9.90 Å². The van der Waals surface area contributed by atoms with Crippen molar-refractivity contribution in [3.05, 3.63) is 30.1 Å². The van der Waals surface area contributed by atoms with Crippen LogP contribution in [0.3, 0.4) is 0 Å². The Morgan fingerprint density at radius 1 is 1.39 bits per heavy atom. The summed E-state index contributed by atoms with van der Waals surface area (Å²) < 4.78 is 1.82. The van der Waals surface area contributed by atoms with E-state index in [1.165, 1.54) is 6.07 Å². The van der Waals surface area contributed by atoms with E-state index in [-0.39, 0.29) is 16.8 Å². The van der Waals surface area contributed by atoms with Crippen molar-refractivity contribution in [2.75, 3.05) is 0 Å². The van der Waals surface area contributed by atoms with Crippen LogP contribution in [0.15, 0.2) is 24.4 Å². The molecule has 0 radical (unpaired) electrons. The van der Waals surface area contributed by atoms with Gasteiger partial charge in [0.15, 0.2) is 5.69 Å². The van der Waals surface area contributed by atoms with Crippen molar-refractivity contribution in [3.8, 4) is 5.75 Å². The Kier molecular flexibility index (Phi) is 2.00. The van der Waals surface area contributed by atoms with Gasteiger partial charge < -0.3 is 14.8 Å². The number of carbonyl (C=O) groups is 1. The summed E-state index contributed by atoms with van der Waals surface area (Å²) in [5.74, 6) is -1.32. The maximum absolute atomic E-state index is 11.0. The predicted molar refractivity (Wildman–Crippen MR) is 64.6 cm³/mol. The molecule has 0 saturated heterocycles. The van der Waals surface area contributed by atoms with Crippen molar-refractivity contribution in [2.45, 2.75) is 0 Å². The monoisotopic (exact) mass is 243 g/mol. The van der Waals surface area contributed by atoms with Gasteiger partial charge in [0.05, 0.1) is 10.9 Å². The first-order chi connectivity index (χ1) is 8.59. The molecule has 0 aliphatic heterocycles. The lowest BCUT2D eigenvalue weighted by atomic mass is 10.1. The molecular formula is C12H9N3O3. The molecule has 2 heterocycles. The van der Waals surface area contributed by atoms with E-state index < -0.39 is 5.97 Å². The molecule has 18 heavy (non-hydrogen) atoms. The van der Waals surface area contributed by atoms with Crippen molar-refractivity contribution in [1.82, 2.24) is 14.8 Å². The van der Waals surface area contributed by atoms with Gasteiger partial charge in [0.2, 0.25) is 0 Å². The third-order valence-corrected chi connectivity index (χ3v) is 2.94. The normalized spacial score (nSPS) is 11.2. The lowest BCUT2D eigenvalue weighted by molar-refractivity contribution is 0.0692. The zero-order valence-electron chi connectivity index (χ0n) is 9.45. The molecule has 90 valence electrons. The van der Waals surface area contributed by atoms with Crippen LogP contribution < -0.4 is 0 Å². The van der Waals surface area contributed by atoms with Gasteiger partial charge in [0, 0.05) is 24.7 Å². The molecule has 0 saturated carbocycles. The summed E-state index contributed by atoms with van der Waals surface area (Å²) in [5.41, 5.74) is 0.939. The Hall–Kier alpha value is -2.63. The average molecular weight is 243 g/mol. The highest BCUT2D eigenvalue weighted by atomic mass is 16.4. The van der Waals surface area contributed by atoms with E-state index in [1.807, 2.05) is 29.9 Å². The number of rotatable bonds is 1. The number of aromatic nitrogens is 3. The van der Waals surface area contributed by atoms with Crippen molar-refractivity contribution < 1.29 is 15.0 Å². The molecule has 0 fully saturated rings. The molecule has 0 aliphatic carbocycles. The van der Waals surface area contributed by atoms with Gasteiger partial charge in [-0.3, -0.25) is 0 Å². The minimum atomic E-state index is -1.20. The van der Waals surface area contributed by atoms with Crippen LogP contribution in [0.4, 0.5) is 0 Å². The highest BCUT2D eigenvalue weighted by Gasteiger charge is 2.19. The standard InChI is InChI=1S/C12H9N3O3/c1-15-4-2-3-6-7(15)5-8(16)9-10(6)13-14-11(9)12(17)18/h2-5,16H,1H3,(H,17,18). The van der Waals surface area contributed by atoms with Gasteiger partial charge in [0.25, 0.3) is 0 Å². The topological polar surface area (TPSA) is 88.2 Å². The van der Waals surface area contributed by atoms with E-state index in [4.69, 9.17) is 5.11 Å². The predicted octanol–water partition coefficient (Wildman–Crippen LogP) is 1.53. The number of pyridine rings is 1. The summed E-state index contributed by atoms with van der Waals surface area (Å²) in [6.07, 6.45) is 1.84. The van der Waals surface area contributed by atoms with Crippen molar-refractivity contribution >= 4 is 27.8 Å². The molecule has 3 rings (SSSR count). The van der Waals surface area contributed by atoms with Gasteiger partial charge >= 0.3 is 5.97 Å². The Labute approximate surface area is 101 Å². The number of fused-ring (bicyclic) bond motifs is 3. The fourth-order valence-corrected chi connectivity index (χ4v) is 2.10. The van der Waals surface area contributed by atoms with Crippen LogP contribution in [-0.2, 0) is 7.05 Å². The van der Waals surface area contributed by atoms with Crippen molar-refractivity contribution in [1.29, 1.82) is 0 Å². The highest BCUT2D eigenvalue weighted by Crippen LogP contribution is 2.33. The molecule has 0 spiro atoms. The number of aromatic hydroxyl groups is 1. The summed E-state index contributed by atoms with van der Waals surface area (Å²) in [5, 5.41) is 27.4. The summed E-state index contributed by atoms with van der Waals surface area (Å²) in [7, 11) is 1.84. The molecule has 0 amide bonds. The molecule has 0 aliphatic rings. The van der Waals surface area contributed by atoms with Crippen LogP contribution in [0, 0.1) is 0 Å². The van der Waals surface area contributed by atoms with Crippen molar-refractivity contribution in [3.63, 3.8) is 0 Å². The van der Waals surface area contributed by atoms with Gasteiger partial charge in [-0.05, 0) is 12.1 Å². The first kappa shape index (κ1) is 10.5. The lowest BCUT2D eigenvalue weighted by Crippen LogP contribution is -1.97.